The van der Waals surface area contributed by atoms with Gasteiger partial charge in [0.25, 0.3) is 0 Å². The highest BCUT2D eigenvalue weighted by Gasteiger charge is 2.35. The smallest absolute Gasteiger partial charge is 0.321 e. The van der Waals surface area contributed by atoms with E-state index in [1.54, 1.807) is 7.05 Å². The van der Waals surface area contributed by atoms with Gasteiger partial charge in [-0.1, -0.05) is 18.2 Å². The van der Waals surface area contributed by atoms with Crippen molar-refractivity contribution >= 4 is 17.7 Å². The summed E-state index contributed by atoms with van der Waals surface area (Å²) in [5.41, 5.74) is 1.76. The van der Waals surface area contributed by atoms with Crippen LogP contribution in [-0.2, 0) is 9.53 Å². The fraction of sp³-hybridized carbons (Fsp3) is 0.429. The zero-order valence-corrected chi connectivity index (χ0v) is 11.5. The van der Waals surface area contributed by atoms with Crippen molar-refractivity contribution in [3.8, 4) is 0 Å². The number of carbonyl (C=O) groups excluding carboxylic acids is 1. The Kier molecular flexibility index (Phi) is 4.24. The minimum Gasteiger partial charge on any atom is -0.481 e. The van der Waals surface area contributed by atoms with Crippen molar-refractivity contribution in [3.05, 3.63) is 29.8 Å². The summed E-state index contributed by atoms with van der Waals surface area (Å²) >= 11 is 0. The Bertz CT molecular complexity index is 518. The molecule has 6 heteroatoms. The van der Waals surface area contributed by atoms with Crippen LogP contribution in [0.2, 0.25) is 0 Å². The van der Waals surface area contributed by atoms with E-state index in [0.29, 0.717) is 0 Å². The maximum atomic E-state index is 12.2. The average molecular weight is 278 g/mol. The molecular formula is C14H18N2O4. The number of aryl methyl sites for hydroxylation is 1. The average Bonchev–Trinajstić information content (AvgIpc) is 2.86. The minimum atomic E-state index is -0.952. The maximum absolute atomic E-state index is 12.2. The molecule has 0 spiro atoms. The van der Waals surface area contributed by atoms with E-state index in [1.807, 2.05) is 31.2 Å². The number of nitrogens with zero attached hydrogens (tertiary/aromatic N) is 1. The number of benzene rings is 1. The summed E-state index contributed by atoms with van der Waals surface area (Å²) < 4.78 is 5.13. The molecule has 2 unspecified atom stereocenters. The second-order valence-corrected chi connectivity index (χ2v) is 4.88. The summed E-state index contributed by atoms with van der Waals surface area (Å²) in [5.74, 6) is -1.64. The summed E-state index contributed by atoms with van der Waals surface area (Å²) in [7, 11) is 1.66. The zero-order chi connectivity index (χ0) is 14.7. The molecule has 0 bridgehead atoms. The Morgan fingerprint density at radius 2 is 2.05 bits per heavy atom. The molecule has 108 valence electrons. The summed E-state index contributed by atoms with van der Waals surface area (Å²) in [6.45, 7) is 2.27. The van der Waals surface area contributed by atoms with E-state index in [2.05, 4.69) is 5.32 Å². The fourth-order valence-electron chi connectivity index (χ4n) is 2.24. The Balaban J connectivity index is 2.05. The van der Waals surface area contributed by atoms with Gasteiger partial charge in [0.2, 0.25) is 0 Å². The van der Waals surface area contributed by atoms with Gasteiger partial charge in [0.15, 0.2) is 0 Å². The van der Waals surface area contributed by atoms with Gasteiger partial charge >= 0.3 is 12.0 Å². The SMILES string of the molecule is Cc1ccccc1N(C)C(=O)NC1COCC1C(=O)O. The first-order valence-electron chi connectivity index (χ1n) is 6.41. The first kappa shape index (κ1) is 14.3. The van der Waals surface area contributed by atoms with E-state index >= 15 is 0 Å². The number of carboxylic acids is 1. The summed E-state index contributed by atoms with van der Waals surface area (Å²) in [6, 6.07) is 6.68. The molecule has 1 aliphatic rings. The molecule has 0 aromatic heterocycles. The summed E-state index contributed by atoms with van der Waals surface area (Å²) in [5, 5.41) is 11.8. The molecule has 0 saturated carbocycles. The number of amides is 2. The number of anilines is 1. The van der Waals surface area contributed by atoms with Crippen LogP contribution < -0.4 is 10.2 Å². The number of hydrogen-bond acceptors (Lipinski definition) is 3. The topological polar surface area (TPSA) is 78.9 Å². The fourth-order valence-corrected chi connectivity index (χ4v) is 2.24. The highest BCUT2D eigenvalue weighted by atomic mass is 16.5. The van der Waals surface area contributed by atoms with Crippen LogP contribution >= 0.6 is 0 Å². The third kappa shape index (κ3) is 2.91. The van der Waals surface area contributed by atoms with Crippen molar-refractivity contribution in [3.63, 3.8) is 0 Å². The van der Waals surface area contributed by atoms with Gasteiger partial charge in [0.1, 0.15) is 5.92 Å². The predicted molar refractivity (Wildman–Crippen MR) is 73.8 cm³/mol. The van der Waals surface area contributed by atoms with E-state index < -0.39 is 17.9 Å². The number of para-hydroxylation sites is 1. The Labute approximate surface area is 117 Å². The van der Waals surface area contributed by atoms with Crippen LogP contribution in [0.15, 0.2) is 24.3 Å². The second-order valence-electron chi connectivity index (χ2n) is 4.88. The number of rotatable bonds is 3. The molecule has 1 heterocycles. The maximum Gasteiger partial charge on any atom is 0.321 e. The number of carbonyl (C=O) groups is 2. The number of ether oxygens (including phenoxy) is 1. The molecule has 2 N–H and O–H groups in total. The summed E-state index contributed by atoms with van der Waals surface area (Å²) in [4.78, 5) is 24.7. The van der Waals surface area contributed by atoms with Crippen LogP contribution in [0, 0.1) is 12.8 Å². The third-order valence-corrected chi connectivity index (χ3v) is 3.49. The van der Waals surface area contributed by atoms with Gasteiger partial charge in [-0.15, -0.1) is 0 Å². The van der Waals surface area contributed by atoms with Crippen LogP contribution in [0.1, 0.15) is 5.56 Å². The van der Waals surface area contributed by atoms with E-state index in [1.165, 1.54) is 4.90 Å². The predicted octanol–water partition coefficient (Wildman–Crippen LogP) is 1.24. The number of hydrogen-bond donors (Lipinski definition) is 2. The van der Waals surface area contributed by atoms with Crippen molar-refractivity contribution in [2.45, 2.75) is 13.0 Å². The molecule has 1 aromatic rings. The van der Waals surface area contributed by atoms with Gasteiger partial charge in [0.05, 0.1) is 19.3 Å². The van der Waals surface area contributed by atoms with Gasteiger partial charge in [-0.25, -0.2) is 4.79 Å². The van der Waals surface area contributed by atoms with E-state index in [9.17, 15) is 9.59 Å². The number of aliphatic carboxylic acids is 1. The first-order chi connectivity index (χ1) is 9.50. The number of nitrogens with one attached hydrogen (secondary N) is 1. The normalized spacial score (nSPS) is 21.5. The first-order valence-corrected chi connectivity index (χ1v) is 6.41. The molecule has 1 aromatic carbocycles. The molecule has 20 heavy (non-hydrogen) atoms. The van der Waals surface area contributed by atoms with Gasteiger partial charge in [-0.3, -0.25) is 9.69 Å². The molecule has 0 aliphatic carbocycles. The Morgan fingerprint density at radius 3 is 2.70 bits per heavy atom. The Morgan fingerprint density at radius 1 is 1.35 bits per heavy atom. The van der Waals surface area contributed by atoms with Gasteiger partial charge in [-0.05, 0) is 18.6 Å². The Hall–Kier alpha value is -2.08. The molecule has 1 saturated heterocycles. The van der Waals surface area contributed by atoms with Gasteiger partial charge < -0.3 is 15.2 Å². The molecule has 2 amide bonds. The van der Waals surface area contributed by atoms with Crippen molar-refractivity contribution in [2.24, 2.45) is 5.92 Å². The van der Waals surface area contributed by atoms with Gasteiger partial charge in [0, 0.05) is 12.7 Å². The van der Waals surface area contributed by atoms with Crippen molar-refractivity contribution in [1.29, 1.82) is 0 Å². The highest BCUT2D eigenvalue weighted by Crippen LogP contribution is 2.19. The summed E-state index contributed by atoms with van der Waals surface area (Å²) in [6.07, 6.45) is 0. The van der Waals surface area contributed by atoms with E-state index in [-0.39, 0.29) is 19.2 Å². The molecule has 1 fully saturated rings. The molecule has 2 rings (SSSR count). The van der Waals surface area contributed by atoms with Crippen molar-refractivity contribution in [2.75, 3.05) is 25.2 Å². The molecular weight excluding hydrogens is 260 g/mol. The third-order valence-electron chi connectivity index (χ3n) is 3.49. The molecule has 2 atom stereocenters. The van der Waals surface area contributed by atoms with Crippen LogP contribution in [0.3, 0.4) is 0 Å². The van der Waals surface area contributed by atoms with E-state index in [0.717, 1.165) is 11.3 Å². The quantitative estimate of drug-likeness (QED) is 0.872. The van der Waals surface area contributed by atoms with E-state index in [4.69, 9.17) is 9.84 Å². The second kappa shape index (κ2) is 5.92. The van der Waals surface area contributed by atoms with Crippen LogP contribution in [0.4, 0.5) is 10.5 Å². The lowest BCUT2D eigenvalue weighted by Crippen LogP contribution is -2.48. The lowest BCUT2D eigenvalue weighted by atomic mass is 10.0. The van der Waals surface area contributed by atoms with Crippen LogP contribution in [0.5, 0.6) is 0 Å². The molecule has 0 radical (unpaired) electrons. The number of carboxylic acid groups (broad SMARTS) is 1. The zero-order valence-electron chi connectivity index (χ0n) is 11.5. The molecule has 1 aliphatic heterocycles. The number of urea groups is 1. The lowest BCUT2D eigenvalue weighted by molar-refractivity contribution is -0.142. The standard InChI is InChI=1S/C14H18N2O4/c1-9-5-3-4-6-12(9)16(2)14(19)15-11-8-20-7-10(11)13(17)18/h3-6,10-11H,7-8H2,1-2H3,(H,15,19)(H,17,18). The van der Waals surface area contributed by atoms with Crippen molar-refractivity contribution < 1.29 is 19.4 Å². The van der Waals surface area contributed by atoms with Gasteiger partial charge in [-0.2, -0.15) is 0 Å². The minimum absolute atomic E-state index is 0.133. The largest absolute Gasteiger partial charge is 0.481 e. The highest BCUT2D eigenvalue weighted by molar-refractivity contribution is 5.92. The lowest BCUT2D eigenvalue weighted by Gasteiger charge is -2.23. The molecule has 6 nitrogen and oxygen atoms in total. The monoisotopic (exact) mass is 278 g/mol. The van der Waals surface area contributed by atoms with Crippen LogP contribution in [-0.4, -0.2) is 43.4 Å². The van der Waals surface area contributed by atoms with Crippen molar-refractivity contribution in [1.82, 2.24) is 5.32 Å². The van der Waals surface area contributed by atoms with Crippen LogP contribution in [0.25, 0.3) is 0 Å².